The van der Waals surface area contributed by atoms with E-state index >= 15 is 0 Å². The molecule has 117 valence electrons. The zero-order valence-electron chi connectivity index (χ0n) is 6.61. The average Bonchev–Trinajstić information content (AvgIpc) is 1.41. The Morgan fingerprint density at radius 2 is 0.412 bits per heavy atom. The van der Waals surface area contributed by atoms with Crippen molar-refractivity contribution in [2.45, 2.75) is 0 Å². The van der Waals surface area contributed by atoms with Gasteiger partial charge in [-0.2, -0.15) is 0 Å². The van der Waals surface area contributed by atoms with Crippen molar-refractivity contribution in [2.75, 3.05) is 0 Å². The standard InChI is InChI=1S/2Er.3Mn.12O/q2*+3;;;;;;;;;;6*-1. The molecule has 0 rings (SSSR count). The van der Waals surface area contributed by atoms with E-state index in [2.05, 4.69) is 0 Å². The zero-order chi connectivity index (χ0) is 13.5. The Kier molecular flexibility index (Phi) is 25.4. The average molecular weight is 691 g/mol. The molecule has 0 aromatic carbocycles. The van der Waals surface area contributed by atoms with Gasteiger partial charge in [0.05, 0.1) is 0 Å². The molecule has 12 nitrogen and oxygen atoms in total. The van der Waals surface area contributed by atoms with Crippen molar-refractivity contribution in [3.63, 3.8) is 0 Å². The van der Waals surface area contributed by atoms with Crippen molar-refractivity contribution in [1.82, 2.24) is 0 Å². The molecular weight excluding hydrogens is 691 g/mol. The van der Waals surface area contributed by atoms with Gasteiger partial charge in [0.1, 0.15) is 0 Å². The molecule has 0 aliphatic rings. The predicted molar refractivity (Wildman–Crippen MR) is 4.12 cm³/mol. The minimum atomic E-state index is -5.62. The third kappa shape index (κ3) is 753. The van der Waals surface area contributed by atoms with Crippen molar-refractivity contribution >= 4 is 0 Å². The summed E-state index contributed by atoms with van der Waals surface area (Å²) in [6.07, 6.45) is 0. The van der Waals surface area contributed by atoms with Crippen LogP contribution in [0.3, 0.4) is 0 Å². The molecule has 0 aliphatic carbocycles. The van der Waals surface area contributed by atoms with Crippen LogP contribution in [0.15, 0.2) is 0 Å². The van der Waals surface area contributed by atoms with Crippen LogP contribution in [-0.4, -0.2) is 0 Å². The van der Waals surface area contributed by atoms with Crippen LogP contribution in [0.5, 0.6) is 0 Å². The minimum absolute atomic E-state index is 0. The Hall–Kier alpha value is 2.61. The van der Waals surface area contributed by atoms with Gasteiger partial charge in [-0.15, -0.1) is 0 Å². The molecule has 17 heavy (non-hydrogen) atoms. The van der Waals surface area contributed by atoms with Gasteiger partial charge < -0.3 is 0 Å². The van der Waals surface area contributed by atoms with E-state index < -0.39 is 40.1 Å². The molecule has 0 aromatic rings. The van der Waals surface area contributed by atoms with Gasteiger partial charge in [-0.1, -0.05) is 0 Å². The molecule has 0 saturated carbocycles. The molecule has 0 N–H and O–H groups in total. The summed E-state index contributed by atoms with van der Waals surface area (Å²) in [7, 11) is 0. The topological polar surface area (TPSA) is 241 Å². The Bertz CT molecular complexity index is 341. The Balaban J connectivity index is -0.0000000400. The van der Waals surface area contributed by atoms with Crippen molar-refractivity contribution in [2.24, 2.45) is 0 Å². The van der Waals surface area contributed by atoms with Crippen molar-refractivity contribution < 1.29 is 163 Å². The summed E-state index contributed by atoms with van der Waals surface area (Å²) in [6.45, 7) is 0. The van der Waals surface area contributed by atoms with Crippen LogP contribution in [0.1, 0.15) is 0 Å². The normalized spacial score (nSPS) is 10.2. The zero-order valence-corrected chi connectivity index (χ0v) is 13.9. The SMILES string of the molecule is [Er+3].[Er+3].[O]=[Mn](=[O])([O-])[O-].[O]=[Mn](=[O])([O-])[O-].[O]=[Mn](=[O])([O-])[O-]. The summed E-state index contributed by atoms with van der Waals surface area (Å²) in [4.78, 5) is 0. The first kappa shape index (κ1) is 31.8. The molecule has 17 heteroatoms. The van der Waals surface area contributed by atoms with Gasteiger partial charge >= 0.3 is 163 Å². The monoisotopic (exact) mass is 689 g/mol. The molecule has 0 amide bonds. The molecule has 0 bridgehead atoms. The first-order chi connectivity index (χ1) is 6.00. The van der Waals surface area contributed by atoms with Crippen LogP contribution >= 0.6 is 0 Å². The van der Waals surface area contributed by atoms with E-state index in [1.807, 2.05) is 0 Å². The molecule has 0 atom stereocenters. The molecule has 0 aliphatic heterocycles. The molecular formula is Er2Mn3O12. The first-order valence-electron chi connectivity index (χ1n) is 1.85. The van der Waals surface area contributed by atoms with Gasteiger partial charge in [-0.3, -0.25) is 0 Å². The fourth-order valence-corrected chi connectivity index (χ4v) is 0. The third-order valence-electron chi connectivity index (χ3n) is 0. The summed E-state index contributed by atoms with van der Waals surface area (Å²) in [5.74, 6) is 0. The van der Waals surface area contributed by atoms with Gasteiger partial charge in [0, 0.05) is 0 Å². The number of hydrogen-bond acceptors (Lipinski definition) is 12. The Morgan fingerprint density at radius 1 is 0.412 bits per heavy atom. The molecule has 0 aromatic heterocycles. The summed E-state index contributed by atoms with van der Waals surface area (Å²) >= 11 is -16.9. The second kappa shape index (κ2) is 13.6. The predicted octanol–water partition coefficient (Wildman–Crippen LogP) is -7.85. The van der Waals surface area contributed by atoms with E-state index in [1.165, 1.54) is 0 Å². The van der Waals surface area contributed by atoms with Crippen LogP contribution in [0.4, 0.5) is 0 Å². The van der Waals surface area contributed by atoms with Gasteiger partial charge in [0.15, 0.2) is 0 Å². The van der Waals surface area contributed by atoms with E-state index in [1.54, 1.807) is 0 Å². The fourth-order valence-electron chi connectivity index (χ4n) is 0. The van der Waals surface area contributed by atoms with Crippen LogP contribution in [0.25, 0.3) is 0 Å². The van der Waals surface area contributed by atoms with Crippen LogP contribution in [-0.2, 0) is 63.1 Å². The maximum absolute atomic E-state index is 8.58. The summed E-state index contributed by atoms with van der Waals surface area (Å²) in [5.41, 5.74) is 0. The molecule has 0 saturated heterocycles. The molecule has 0 fully saturated rings. The van der Waals surface area contributed by atoms with E-state index in [4.69, 9.17) is 48.1 Å². The van der Waals surface area contributed by atoms with Crippen molar-refractivity contribution in [3.8, 4) is 0 Å². The van der Waals surface area contributed by atoms with E-state index in [9.17, 15) is 0 Å². The van der Waals surface area contributed by atoms with Gasteiger partial charge in [-0.05, 0) is 0 Å². The van der Waals surface area contributed by atoms with E-state index in [0.29, 0.717) is 0 Å². The summed E-state index contributed by atoms with van der Waals surface area (Å²) in [5, 5.41) is 0. The van der Waals surface area contributed by atoms with Crippen LogP contribution < -0.4 is 25.1 Å². The Morgan fingerprint density at radius 3 is 0.412 bits per heavy atom. The van der Waals surface area contributed by atoms with Crippen LogP contribution in [0.2, 0.25) is 0 Å². The van der Waals surface area contributed by atoms with E-state index in [0.717, 1.165) is 0 Å². The van der Waals surface area contributed by atoms with Crippen molar-refractivity contribution in [3.05, 3.63) is 0 Å². The molecule has 0 heterocycles. The Labute approximate surface area is 160 Å². The second-order valence-corrected chi connectivity index (χ2v) is 4.68. The van der Waals surface area contributed by atoms with E-state index in [-0.39, 0.29) is 74.6 Å². The molecule has 0 unspecified atom stereocenters. The summed E-state index contributed by atoms with van der Waals surface area (Å²) < 4.78 is 103. The van der Waals surface area contributed by atoms with Gasteiger partial charge in [0.2, 0.25) is 0 Å². The van der Waals surface area contributed by atoms with Crippen LogP contribution in [0, 0.1) is 74.6 Å². The third-order valence-corrected chi connectivity index (χ3v) is 0. The van der Waals surface area contributed by atoms with Gasteiger partial charge in [-0.25, -0.2) is 0 Å². The number of rotatable bonds is 0. The quantitative estimate of drug-likeness (QED) is 0.215. The molecule has 0 spiro atoms. The second-order valence-electron chi connectivity index (χ2n) is 1.13. The summed E-state index contributed by atoms with van der Waals surface area (Å²) in [6, 6.07) is 0. The molecule has 2 radical (unpaired) electrons. The van der Waals surface area contributed by atoms with Gasteiger partial charge in [0.25, 0.3) is 0 Å². The van der Waals surface area contributed by atoms with Crippen molar-refractivity contribution in [1.29, 1.82) is 0 Å². The fraction of sp³-hybridized carbons (Fsp3) is 0. The number of hydrogen-bond donors (Lipinski definition) is 0. The maximum atomic E-state index is 8.58. The first-order valence-corrected chi connectivity index (χ1v) is 7.63.